The van der Waals surface area contributed by atoms with Gasteiger partial charge in [-0.05, 0) is 56.0 Å². The van der Waals surface area contributed by atoms with Gasteiger partial charge in [0.25, 0.3) is 0 Å². The second-order valence-corrected chi connectivity index (χ2v) is 5.17. The molecule has 0 saturated heterocycles. The summed E-state index contributed by atoms with van der Waals surface area (Å²) in [4.78, 5) is 0. The van der Waals surface area contributed by atoms with E-state index in [0.29, 0.717) is 0 Å². The standard InChI is InChI=1S/C18H22FN/c1-15(17-11-7-12-18(19)14-17)20-13-6-5-10-16-8-3-2-4-9-16/h2-4,7-9,11-12,14-15,20H,5-6,10,13H2,1H3/t15-/m1/s1. The Hall–Kier alpha value is -1.67. The van der Waals surface area contributed by atoms with E-state index in [1.807, 2.05) is 12.1 Å². The molecule has 0 unspecified atom stereocenters. The van der Waals surface area contributed by atoms with Gasteiger partial charge in [0.05, 0.1) is 0 Å². The van der Waals surface area contributed by atoms with E-state index < -0.39 is 0 Å². The Labute approximate surface area is 120 Å². The fourth-order valence-electron chi connectivity index (χ4n) is 2.31. The van der Waals surface area contributed by atoms with E-state index in [2.05, 4.69) is 36.5 Å². The lowest BCUT2D eigenvalue weighted by atomic mass is 10.1. The summed E-state index contributed by atoms with van der Waals surface area (Å²) in [5.74, 6) is -0.166. The van der Waals surface area contributed by atoms with Crippen molar-refractivity contribution in [3.05, 3.63) is 71.5 Å². The van der Waals surface area contributed by atoms with Crippen molar-refractivity contribution >= 4 is 0 Å². The highest BCUT2D eigenvalue weighted by Crippen LogP contribution is 2.13. The third kappa shape index (κ3) is 4.78. The smallest absolute Gasteiger partial charge is 0.123 e. The molecule has 0 saturated carbocycles. The van der Waals surface area contributed by atoms with E-state index in [9.17, 15) is 4.39 Å². The lowest BCUT2D eigenvalue weighted by Crippen LogP contribution is -2.20. The van der Waals surface area contributed by atoms with Gasteiger partial charge in [0.15, 0.2) is 0 Å². The quantitative estimate of drug-likeness (QED) is 0.731. The molecule has 0 heterocycles. The first-order valence-electron chi connectivity index (χ1n) is 7.28. The summed E-state index contributed by atoms with van der Waals surface area (Å²) >= 11 is 0. The summed E-state index contributed by atoms with van der Waals surface area (Å²) in [7, 11) is 0. The molecule has 20 heavy (non-hydrogen) atoms. The summed E-state index contributed by atoms with van der Waals surface area (Å²) < 4.78 is 13.1. The van der Waals surface area contributed by atoms with E-state index >= 15 is 0 Å². The first-order chi connectivity index (χ1) is 9.75. The lowest BCUT2D eigenvalue weighted by molar-refractivity contribution is 0.541. The van der Waals surface area contributed by atoms with E-state index in [1.165, 1.54) is 18.1 Å². The molecule has 0 bridgehead atoms. The van der Waals surface area contributed by atoms with Gasteiger partial charge in [0, 0.05) is 6.04 Å². The Balaban J connectivity index is 1.66. The molecular formula is C18H22FN. The Morgan fingerprint density at radius 3 is 2.55 bits per heavy atom. The van der Waals surface area contributed by atoms with Crippen molar-refractivity contribution in [3.8, 4) is 0 Å². The van der Waals surface area contributed by atoms with Crippen molar-refractivity contribution < 1.29 is 4.39 Å². The third-order valence-corrected chi connectivity index (χ3v) is 3.53. The zero-order valence-electron chi connectivity index (χ0n) is 12.0. The summed E-state index contributed by atoms with van der Waals surface area (Å²) in [6.45, 7) is 3.04. The van der Waals surface area contributed by atoms with Gasteiger partial charge < -0.3 is 5.32 Å². The highest BCUT2D eigenvalue weighted by molar-refractivity contribution is 5.19. The maximum Gasteiger partial charge on any atom is 0.123 e. The number of nitrogens with one attached hydrogen (secondary N) is 1. The van der Waals surface area contributed by atoms with Crippen LogP contribution in [0.25, 0.3) is 0 Å². The number of halogens is 1. The molecule has 2 aromatic carbocycles. The van der Waals surface area contributed by atoms with Crippen LogP contribution in [0, 0.1) is 5.82 Å². The van der Waals surface area contributed by atoms with Gasteiger partial charge in [-0.2, -0.15) is 0 Å². The van der Waals surface area contributed by atoms with Crippen molar-refractivity contribution in [1.82, 2.24) is 5.32 Å². The second kappa shape index (κ2) is 7.81. The molecule has 1 N–H and O–H groups in total. The number of benzene rings is 2. The molecule has 0 spiro atoms. The van der Waals surface area contributed by atoms with Gasteiger partial charge in [-0.3, -0.25) is 0 Å². The van der Waals surface area contributed by atoms with Crippen molar-refractivity contribution in [3.63, 3.8) is 0 Å². The molecule has 0 fully saturated rings. The Kier molecular flexibility index (Phi) is 5.75. The monoisotopic (exact) mass is 271 g/mol. The van der Waals surface area contributed by atoms with Gasteiger partial charge in [0.1, 0.15) is 5.82 Å². The Bertz CT molecular complexity index is 510. The van der Waals surface area contributed by atoms with Crippen LogP contribution in [-0.4, -0.2) is 6.54 Å². The molecular weight excluding hydrogens is 249 g/mol. The summed E-state index contributed by atoms with van der Waals surface area (Å²) in [5, 5.41) is 3.45. The zero-order chi connectivity index (χ0) is 14.2. The van der Waals surface area contributed by atoms with E-state index in [4.69, 9.17) is 0 Å². The molecule has 0 aliphatic heterocycles. The minimum Gasteiger partial charge on any atom is -0.310 e. The molecule has 1 nitrogen and oxygen atoms in total. The van der Waals surface area contributed by atoms with Crippen molar-refractivity contribution in [2.45, 2.75) is 32.2 Å². The van der Waals surface area contributed by atoms with Gasteiger partial charge in [0.2, 0.25) is 0 Å². The van der Waals surface area contributed by atoms with E-state index in [1.54, 1.807) is 12.1 Å². The van der Waals surface area contributed by atoms with Crippen molar-refractivity contribution in [2.75, 3.05) is 6.54 Å². The summed E-state index contributed by atoms with van der Waals surface area (Å²) in [6.07, 6.45) is 3.43. The first kappa shape index (κ1) is 14.7. The van der Waals surface area contributed by atoms with Crippen LogP contribution in [0.15, 0.2) is 54.6 Å². The molecule has 0 aliphatic carbocycles. The van der Waals surface area contributed by atoms with Crippen LogP contribution in [0.5, 0.6) is 0 Å². The molecule has 2 rings (SSSR count). The van der Waals surface area contributed by atoms with Gasteiger partial charge >= 0.3 is 0 Å². The predicted molar refractivity (Wildman–Crippen MR) is 82.2 cm³/mol. The van der Waals surface area contributed by atoms with Crippen LogP contribution in [0.3, 0.4) is 0 Å². The van der Waals surface area contributed by atoms with Crippen LogP contribution < -0.4 is 5.32 Å². The van der Waals surface area contributed by atoms with Crippen LogP contribution in [0.1, 0.15) is 36.9 Å². The summed E-state index contributed by atoms with van der Waals surface area (Å²) in [6, 6.07) is 17.6. The fourth-order valence-corrected chi connectivity index (χ4v) is 2.31. The van der Waals surface area contributed by atoms with Crippen LogP contribution >= 0.6 is 0 Å². The van der Waals surface area contributed by atoms with Crippen LogP contribution in [0.4, 0.5) is 4.39 Å². The average Bonchev–Trinajstić information content (AvgIpc) is 2.48. The van der Waals surface area contributed by atoms with E-state index in [0.717, 1.165) is 24.9 Å². The average molecular weight is 271 g/mol. The van der Waals surface area contributed by atoms with Crippen LogP contribution in [0.2, 0.25) is 0 Å². The third-order valence-electron chi connectivity index (χ3n) is 3.53. The Morgan fingerprint density at radius 1 is 1.00 bits per heavy atom. The highest BCUT2D eigenvalue weighted by Gasteiger charge is 2.04. The van der Waals surface area contributed by atoms with Crippen molar-refractivity contribution in [1.29, 1.82) is 0 Å². The largest absolute Gasteiger partial charge is 0.310 e. The highest BCUT2D eigenvalue weighted by atomic mass is 19.1. The fraction of sp³-hybridized carbons (Fsp3) is 0.333. The molecule has 2 heteroatoms. The number of aryl methyl sites for hydroxylation is 1. The van der Waals surface area contributed by atoms with Gasteiger partial charge in [-0.15, -0.1) is 0 Å². The molecule has 0 radical (unpaired) electrons. The normalized spacial score (nSPS) is 12.3. The SMILES string of the molecule is C[C@@H](NCCCCc1ccccc1)c1cccc(F)c1. The number of unbranched alkanes of at least 4 members (excludes halogenated alkanes) is 1. The molecule has 0 aliphatic rings. The van der Waals surface area contributed by atoms with Crippen molar-refractivity contribution in [2.24, 2.45) is 0 Å². The number of hydrogen-bond donors (Lipinski definition) is 1. The second-order valence-electron chi connectivity index (χ2n) is 5.17. The van der Waals surface area contributed by atoms with Gasteiger partial charge in [-0.25, -0.2) is 4.39 Å². The minimum atomic E-state index is -0.166. The zero-order valence-corrected chi connectivity index (χ0v) is 12.0. The number of hydrogen-bond acceptors (Lipinski definition) is 1. The lowest BCUT2D eigenvalue weighted by Gasteiger charge is -2.14. The topological polar surface area (TPSA) is 12.0 Å². The summed E-state index contributed by atoms with van der Waals surface area (Å²) in [5.41, 5.74) is 2.40. The Morgan fingerprint density at radius 2 is 1.80 bits per heavy atom. The first-order valence-corrected chi connectivity index (χ1v) is 7.28. The maximum absolute atomic E-state index is 13.1. The molecule has 106 valence electrons. The predicted octanol–water partition coefficient (Wildman–Crippen LogP) is 4.50. The maximum atomic E-state index is 13.1. The number of rotatable bonds is 7. The molecule has 1 atom stereocenters. The van der Waals surface area contributed by atoms with Crippen LogP contribution in [-0.2, 0) is 6.42 Å². The molecule has 0 aromatic heterocycles. The van der Waals surface area contributed by atoms with E-state index in [-0.39, 0.29) is 11.9 Å². The molecule has 0 amide bonds. The molecule has 2 aromatic rings. The van der Waals surface area contributed by atoms with Gasteiger partial charge in [-0.1, -0.05) is 42.5 Å². The minimum absolute atomic E-state index is 0.166.